The van der Waals surface area contributed by atoms with Gasteiger partial charge in [-0.15, -0.1) is 0 Å². The summed E-state index contributed by atoms with van der Waals surface area (Å²) in [5.41, 5.74) is 5.76. The molecule has 4 heteroatoms. The van der Waals surface area contributed by atoms with Crippen LogP contribution in [0.1, 0.15) is 15.9 Å². The quantitative estimate of drug-likeness (QED) is 0.578. The van der Waals surface area contributed by atoms with Crippen LogP contribution < -0.4 is 10.1 Å². The summed E-state index contributed by atoms with van der Waals surface area (Å²) in [6, 6.07) is 18.1. The van der Waals surface area contributed by atoms with Crippen molar-refractivity contribution in [2.75, 3.05) is 7.11 Å². The smallest absolute Gasteiger partial charge is 0.252 e. The van der Waals surface area contributed by atoms with Crippen molar-refractivity contribution in [1.82, 2.24) is 10.3 Å². The molecule has 1 amide bonds. The predicted octanol–water partition coefficient (Wildman–Crippen LogP) is 4.24. The number of hydrogen-bond acceptors (Lipinski definition) is 2. The second kappa shape index (κ2) is 5.11. The number of carbonyl (C=O) groups is 1. The molecule has 0 atom stereocenters. The van der Waals surface area contributed by atoms with Crippen LogP contribution in [-0.4, -0.2) is 18.0 Å². The minimum atomic E-state index is -0.0249. The summed E-state index contributed by atoms with van der Waals surface area (Å²) >= 11 is 0. The van der Waals surface area contributed by atoms with Crippen LogP contribution in [0.4, 0.5) is 0 Å². The molecule has 4 aromatic rings. The second-order valence-electron chi connectivity index (χ2n) is 6.25. The Morgan fingerprint density at radius 2 is 1.76 bits per heavy atom. The summed E-state index contributed by atoms with van der Waals surface area (Å²) < 4.78 is 5.52. The first-order valence-electron chi connectivity index (χ1n) is 8.26. The molecule has 1 aliphatic heterocycles. The van der Waals surface area contributed by atoms with Gasteiger partial charge in [0.2, 0.25) is 0 Å². The molecule has 0 radical (unpaired) electrons. The molecule has 0 bridgehead atoms. The van der Waals surface area contributed by atoms with Crippen LogP contribution in [0.15, 0.2) is 54.6 Å². The van der Waals surface area contributed by atoms with Crippen molar-refractivity contribution in [3.8, 4) is 16.9 Å². The zero-order chi connectivity index (χ0) is 17.0. The van der Waals surface area contributed by atoms with Gasteiger partial charge in [0.05, 0.1) is 12.7 Å². The van der Waals surface area contributed by atoms with Crippen LogP contribution in [-0.2, 0) is 6.54 Å². The Morgan fingerprint density at radius 3 is 2.64 bits per heavy atom. The molecule has 4 nitrogen and oxygen atoms in total. The fourth-order valence-electron chi connectivity index (χ4n) is 3.87. The zero-order valence-electron chi connectivity index (χ0n) is 13.7. The number of fused-ring (bicyclic) bond motifs is 5. The first-order chi connectivity index (χ1) is 12.3. The number of aromatic nitrogens is 1. The third kappa shape index (κ3) is 1.91. The number of benzene rings is 3. The van der Waals surface area contributed by atoms with E-state index in [2.05, 4.69) is 28.5 Å². The maximum Gasteiger partial charge on any atom is 0.252 e. The summed E-state index contributed by atoms with van der Waals surface area (Å²) in [6.45, 7) is 0.551. The van der Waals surface area contributed by atoms with Gasteiger partial charge in [0.1, 0.15) is 5.75 Å². The average molecular weight is 328 g/mol. The Morgan fingerprint density at radius 1 is 0.960 bits per heavy atom. The van der Waals surface area contributed by atoms with Gasteiger partial charge in [-0.3, -0.25) is 4.79 Å². The molecule has 1 aliphatic rings. The highest BCUT2D eigenvalue weighted by Gasteiger charge is 2.28. The third-order valence-electron chi connectivity index (χ3n) is 4.95. The molecule has 0 spiro atoms. The van der Waals surface area contributed by atoms with E-state index < -0.39 is 0 Å². The lowest BCUT2D eigenvalue weighted by Crippen LogP contribution is -2.13. The van der Waals surface area contributed by atoms with Crippen LogP contribution in [0.2, 0.25) is 0 Å². The van der Waals surface area contributed by atoms with Crippen LogP contribution in [0, 0.1) is 0 Å². The van der Waals surface area contributed by atoms with Crippen LogP contribution >= 0.6 is 0 Å². The van der Waals surface area contributed by atoms with E-state index in [9.17, 15) is 4.79 Å². The van der Waals surface area contributed by atoms with Crippen molar-refractivity contribution in [3.05, 3.63) is 65.7 Å². The van der Waals surface area contributed by atoms with Gasteiger partial charge in [-0.1, -0.05) is 36.4 Å². The van der Waals surface area contributed by atoms with Gasteiger partial charge in [-0.2, -0.15) is 0 Å². The minimum Gasteiger partial charge on any atom is -0.496 e. The van der Waals surface area contributed by atoms with Gasteiger partial charge < -0.3 is 15.0 Å². The lowest BCUT2D eigenvalue weighted by atomic mass is 9.92. The van der Waals surface area contributed by atoms with Crippen molar-refractivity contribution in [2.24, 2.45) is 0 Å². The second-order valence-corrected chi connectivity index (χ2v) is 6.25. The normalized spacial score (nSPS) is 13.2. The van der Waals surface area contributed by atoms with Crippen molar-refractivity contribution in [3.63, 3.8) is 0 Å². The fraction of sp³-hybridized carbons (Fsp3) is 0.0952. The highest BCUT2D eigenvalue weighted by molar-refractivity contribution is 6.17. The van der Waals surface area contributed by atoms with E-state index in [0.29, 0.717) is 6.54 Å². The predicted molar refractivity (Wildman–Crippen MR) is 99.0 cm³/mol. The lowest BCUT2D eigenvalue weighted by Gasteiger charge is -2.12. The molecule has 0 unspecified atom stereocenters. The van der Waals surface area contributed by atoms with Crippen LogP contribution in [0.5, 0.6) is 5.75 Å². The standard InChI is InChI=1S/C21H16N2O2/c1-25-18-9-5-3-6-12(18)14-10-17-19(15-11-22-21(24)20(14)15)13-7-2-4-8-16(13)23-17/h2-10,23H,11H2,1H3,(H,22,24). The molecule has 122 valence electrons. The minimum absolute atomic E-state index is 0.0249. The Hall–Kier alpha value is -3.27. The van der Waals surface area contributed by atoms with Gasteiger partial charge in [0.25, 0.3) is 5.91 Å². The number of ether oxygens (including phenoxy) is 1. The average Bonchev–Trinajstić information content (AvgIpc) is 3.21. The Balaban J connectivity index is 1.94. The van der Waals surface area contributed by atoms with Crippen LogP contribution in [0.3, 0.4) is 0 Å². The molecule has 25 heavy (non-hydrogen) atoms. The molecular formula is C21H16N2O2. The Kier molecular flexibility index (Phi) is 2.88. The van der Waals surface area contributed by atoms with Crippen molar-refractivity contribution >= 4 is 27.7 Å². The van der Waals surface area contributed by atoms with Crippen molar-refractivity contribution in [1.29, 1.82) is 0 Å². The zero-order valence-corrected chi connectivity index (χ0v) is 13.7. The van der Waals surface area contributed by atoms with E-state index in [1.165, 1.54) is 0 Å². The molecule has 1 aromatic heterocycles. The first kappa shape index (κ1) is 14.1. The largest absolute Gasteiger partial charge is 0.496 e. The van der Waals surface area contributed by atoms with Gasteiger partial charge >= 0.3 is 0 Å². The maximum absolute atomic E-state index is 12.6. The number of para-hydroxylation sites is 2. The molecule has 2 heterocycles. The fourth-order valence-corrected chi connectivity index (χ4v) is 3.87. The van der Waals surface area contributed by atoms with E-state index in [4.69, 9.17) is 4.74 Å². The molecular weight excluding hydrogens is 312 g/mol. The lowest BCUT2D eigenvalue weighted by molar-refractivity contribution is 0.0966. The van der Waals surface area contributed by atoms with E-state index >= 15 is 0 Å². The summed E-state index contributed by atoms with van der Waals surface area (Å²) in [7, 11) is 1.65. The number of H-pyrrole nitrogens is 1. The van der Waals surface area contributed by atoms with E-state index in [0.717, 1.165) is 49.8 Å². The number of aromatic amines is 1. The topological polar surface area (TPSA) is 54.1 Å². The molecule has 0 fully saturated rings. The number of hydrogen-bond donors (Lipinski definition) is 2. The van der Waals surface area contributed by atoms with Gasteiger partial charge in [0.15, 0.2) is 0 Å². The van der Waals surface area contributed by atoms with E-state index in [1.807, 2.05) is 36.4 Å². The number of methoxy groups -OCH3 is 1. The molecule has 3 aromatic carbocycles. The number of rotatable bonds is 2. The van der Waals surface area contributed by atoms with E-state index in [1.54, 1.807) is 7.11 Å². The number of amides is 1. The Labute approximate surface area is 144 Å². The first-order valence-corrected chi connectivity index (χ1v) is 8.26. The molecule has 0 saturated carbocycles. The number of nitrogens with one attached hydrogen (secondary N) is 2. The maximum atomic E-state index is 12.6. The highest BCUT2D eigenvalue weighted by atomic mass is 16.5. The van der Waals surface area contributed by atoms with Crippen molar-refractivity contribution < 1.29 is 9.53 Å². The Bertz CT molecular complexity index is 1160. The van der Waals surface area contributed by atoms with Gasteiger partial charge in [-0.05, 0) is 23.8 Å². The molecule has 2 N–H and O–H groups in total. The highest BCUT2D eigenvalue weighted by Crippen LogP contribution is 2.41. The summed E-state index contributed by atoms with van der Waals surface area (Å²) in [6.07, 6.45) is 0. The summed E-state index contributed by atoms with van der Waals surface area (Å²) in [5.74, 6) is 0.739. The van der Waals surface area contributed by atoms with Gasteiger partial charge in [-0.25, -0.2) is 0 Å². The molecule has 0 saturated heterocycles. The SMILES string of the molecule is COc1ccccc1-c1cc2[nH]c3ccccc3c2c2c1C(=O)NC2. The monoisotopic (exact) mass is 328 g/mol. The number of carbonyl (C=O) groups excluding carboxylic acids is 1. The van der Waals surface area contributed by atoms with Crippen LogP contribution in [0.25, 0.3) is 32.9 Å². The molecule has 0 aliphatic carbocycles. The summed E-state index contributed by atoms with van der Waals surface area (Å²) in [5, 5.41) is 5.26. The third-order valence-corrected chi connectivity index (χ3v) is 4.95. The van der Waals surface area contributed by atoms with E-state index in [-0.39, 0.29) is 5.91 Å². The summed E-state index contributed by atoms with van der Waals surface area (Å²) in [4.78, 5) is 16.1. The molecule has 5 rings (SSSR count). The van der Waals surface area contributed by atoms with Crippen molar-refractivity contribution in [2.45, 2.75) is 6.54 Å². The van der Waals surface area contributed by atoms with Gasteiger partial charge in [0, 0.05) is 39.5 Å².